The van der Waals surface area contributed by atoms with Gasteiger partial charge >= 0.3 is 0 Å². The van der Waals surface area contributed by atoms with Gasteiger partial charge in [-0.1, -0.05) is 0 Å². The van der Waals surface area contributed by atoms with Gasteiger partial charge < -0.3 is 25.0 Å². The van der Waals surface area contributed by atoms with Gasteiger partial charge in [0.25, 0.3) is 11.8 Å². The first-order valence-electron chi connectivity index (χ1n) is 10.8. The van der Waals surface area contributed by atoms with Crippen LogP contribution < -0.4 is 15.4 Å². The van der Waals surface area contributed by atoms with E-state index in [1.165, 1.54) is 24.3 Å². The van der Waals surface area contributed by atoms with Crippen LogP contribution in [0.1, 0.15) is 40.0 Å². The number of anilines is 1. The first kappa shape index (κ1) is 22.7. The number of nitrogens with one attached hydrogen (secondary N) is 2. The van der Waals surface area contributed by atoms with Crippen LogP contribution in [-0.4, -0.2) is 61.6 Å². The molecule has 2 aromatic rings. The van der Waals surface area contributed by atoms with Gasteiger partial charge in [-0.15, -0.1) is 0 Å². The number of amides is 3. The van der Waals surface area contributed by atoms with Crippen molar-refractivity contribution in [2.24, 2.45) is 0 Å². The summed E-state index contributed by atoms with van der Waals surface area (Å²) in [6.07, 6.45) is 1.04. The summed E-state index contributed by atoms with van der Waals surface area (Å²) in [5, 5.41) is 5.34. The first-order chi connectivity index (χ1) is 15.9. The van der Waals surface area contributed by atoms with Crippen LogP contribution in [0, 0.1) is 5.82 Å². The highest BCUT2D eigenvalue weighted by molar-refractivity contribution is 6.05. The molecule has 0 aliphatic carbocycles. The van der Waals surface area contributed by atoms with Gasteiger partial charge in [0.2, 0.25) is 5.91 Å². The highest BCUT2D eigenvalue weighted by Gasteiger charge is 2.39. The topological polar surface area (TPSA) is 97.0 Å². The summed E-state index contributed by atoms with van der Waals surface area (Å²) < 4.78 is 25.1. The molecular weight excluding hydrogens is 429 g/mol. The number of fused-ring (bicyclic) bond motifs is 2. The standard InChI is InChI=1S/C24H26FN3O5/c1-26-22(29)12-17-8-9-19-21(33-17)13-32-20-10-7-16(11-18(20)24(31)28(19)2)27-23(30)14-3-5-15(25)6-4-14/h3-7,10-11,17,19,21H,8-9,12-13H2,1-2H3,(H,26,29)(H,27,30)/t17-,19-,21+/m0/s1. The second-order valence-corrected chi connectivity index (χ2v) is 8.22. The molecule has 0 aromatic heterocycles. The smallest absolute Gasteiger partial charge is 0.257 e. The number of benzene rings is 2. The Hall–Kier alpha value is -3.46. The molecule has 0 spiro atoms. The van der Waals surface area contributed by atoms with E-state index in [2.05, 4.69) is 10.6 Å². The van der Waals surface area contributed by atoms with E-state index in [1.54, 1.807) is 37.2 Å². The molecule has 2 heterocycles. The van der Waals surface area contributed by atoms with Crippen LogP contribution in [0.3, 0.4) is 0 Å². The Bertz CT molecular complexity index is 1060. The lowest BCUT2D eigenvalue weighted by molar-refractivity contribution is -0.133. The molecule has 2 N–H and O–H groups in total. The van der Waals surface area contributed by atoms with Crippen molar-refractivity contribution in [2.75, 3.05) is 26.0 Å². The Kier molecular flexibility index (Phi) is 6.60. The third-order valence-corrected chi connectivity index (χ3v) is 6.07. The third-order valence-electron chi connectivity index (χ3n) is 6.07. The minimum atomic E-state index is -0.427. The number of rotatable bonds is 4. The molecule has 4 rings (SSSR count). The summed E-state index contributed by atoms with van der Waals surface area (Å²) in [7, 11) is 3.31. The molecule has 9 heteroatoms. The Labute approximate surface area is 191 Å². The summed E-state index contributed by atoms with van der Waals surface area (Å²) in [5.74, 6) is -0.781. The zero-order chi connectivity index (χ0) is 23.5. The van der Waals surface area contributed by atoms with Crippen molar-refractivity contribution in [1.29, 1.82) is 0 Å². The zero-order valence-corrected chi connectivity index (χ0v) is 18.5. The van der Waals surface area contributed by atoms with E-state index in [4.69, 9.17) is 9.47 Å². The summed E-state index contributed by atoms with van der Waals surface area (Å²) in [4.78, 5) is 39.1. The summed E-state index contributed by atoms with van der Waals surface area (Å²) >= 11 is 0. The number of carbonyl (C=O) groups is 3. The van der Waals surface area contributed by atoms with Crippen LogP contribution in [0.4, 0.5) is 10.1 Å². The fourth-order valence-corrected chi connectivity index (χ4v) is 4.22. The number of hydrogen-bond donors (Lipinski definition) is 2. The van der Waals surface area contributed by atoms with Gasteiger partial charge in [-0.05, 0) is 55.3 Å². The molecule has 1 fully saturated rings. The number of likely N-dealkylation sites (N-methyl/N-ethyl adjacent to an activating group) is 1. The molecule has 2 aliphatic heterocycles. The lowest BCUT2D eigenvalue weighted by Crippen LogP contribution is -2.53. The van der Waals surface area contributed by atoms with Crippen LogP contribution >= 0.6 is 0 Å². The molecule has 0 unspecified atom stereocenters. The number of nitrogens with zero attached hydrogens (tertiary/aromatic N) is 1. The molecule has 2 aliphatic rings. The van der Waals surface area contributed by atoms with E-state index < -0.39 is 11.7 Å². The van der Waals surface area contributed by atoms with Crippen LogP contribution in [0.15, 0.2) is 42.5 Å². The Morgan fingerprint density at radius 1 is 1.15 bits per heavy atom. The predicted molar refractivity (Wildman–Crippen MR) is 119 cm³/mol. The normalized spacial score (nSPS) is 22.2. The molecule has 0 radical (unpaired) electrons. The highest BCUT2D eigenvalue weighted by atomic mass is 19.1. The molecule has 0 saturated carbocycles. The van der Waals surface area contributed by atoms with Crippen molar-refractivity contribution >= 4 is 23.4 Å². The van der Waals surface area contributed by atoms with E-state index >= 15 is 0 Å². The maximum atomic E-state index is 13.3. The van der Waals surface area contributed by atoms with Crippen molar-refractivity contribution < 1.29 is 28.2 Å². The zero-order valence-electron chi connectivity index (χ0n) is 18.5. The SMILES string of the molecule is CNC(=O)C[C@@H]1CC[C@H]2[C@@H](COc3ccc(NC(=O)c4ccc(F)cc4)cc3C(=O)N2C)O1. The highest BCUT2D eigenvalue weighted by Crippen LogP contribution is 2.32. The van der Waals surface area contributed by atoms with Crippen molar-refractivity contribution in [3.05, 3.63) is 59.4 Å². The third kappa shape index (κ3) is 4.98. The Morgan fingerprint density at radius 2 is 1.91 bits per heavy atom. The van der Waals surface area contributed by atoms with Crippen LogP contribution in [0.5, 0.6) is 5.75 Å². The van der Waals surface area contributed by atoms with Gasteiger partial charge in [0, 0.05) is 25.3 Å². The Balaban J connectivity index is 1.51. The number of halogens is 1. The van der Waals surface area contributed by atoms with Crippen LogP contribution in [0.25, 0.3) is 0 Å². The van der Waals surface area contributed by atoms with E-state index in [9.17, 15) is 18.8 Å². The molecule has 3 amide bonds. The largest absolute Gasteiger partial charge is 0.490 e. The Morgan fingerprint density at radius 3 is 2.64 bits per heavy atom. The predicted octanol–water partition coefficient (Wildman–Crippen LogP) is 2.59. The number of carbonyl (C=O) groups excluding carboxylic acids is 3. The lowest BCUT2D eigenvalue weighted by atomic mass is 9.94. The number of hydrogen-bond acceptors (Lipinski definition) is 5. The molecule has 33 heavy (non-hydrogen) atoms. The number of ether oxygens (including phenoxy) is 2. The molecule has 2 aromatic carbocycles. The van der Waals surface area contributed by atoms with E-state index in [0.29, 0.717) is 35.4 Å². The molecule has 8 nitrogen and oxygen atoms in total. The summed E-state index contributed by atoms with van der Waals surface area (Å²) in [6.45, 7) is 0.237. The average Bonchev–Trinajstić information content (AvgIpc) is 2.82. The van der Waals surface area contributed by atoms with Crippen molar-refractivity contribution in [3.8, 4) is 5.75 Å². The second kappa shape index (κ2) is 9.58. The summed E-state index contributed by atoms with van der Waals surface area (Å²) in [6, 6.07) is 9.86. The molecule has 1 saturated heterocycles. The van der Waals surface area contributed by atoms with E-state index in [0.717, 1.165) is 0 Å². The average molecular weight is 455 g/mol. The molecular formula is C24H26FN3O5. The van der Waals surface area contributed by atoms with Gasteiger partial charge in [-0.3, -0.25) is 14.4 Å². The molecule has 174 valence electrons. The first-order valence-corrected chi connectivity index (χ1v) is 10.8. The second-order valence-electron chi connectivity index (χ2n) is 8.22. The fraction of sp³-hybridized carbons (Fsp3) is 0.375. The maximum Gasteiger partial charge on any atom is 0.257 e. The van der Waals surface area contributed by atoms with Gasteiger partial charge in [-0.2, -0.15) is 0 Å². The van der Waals surface area contributed by atoms with Crippen LogP contribution in [-0.2, 0) is 9.53 Å². The lowest BCUT2D eigenvalue weighted by Gasteiger charge is -2.42. The van der Waals surface area contributed by atoms with Crippen molar-refractivity contribution in [1.82, 2.24) is 10.2 Å². The molecule has 3 atom stereocenters. The van der Waals surface area contributed by atoms with Gasteiger partial charge in [0.15, 0.2) is 0 Å². The van der Waals surface area contributed by atoms with E-state index in [1.807, 2.05) is 0 Å². The van der Waals surface area contributed by atoms with Crippen LogP contribution in [0.2, 0.25) is 0 Å². The maximum absolute atomic E-state index is 13.3. The monoisotopic (exact) mass is 455 g/mol. The van der Waals surface area contributed by atoms with Crippen molar-refractivity contribution in [2.45, 2.75) is 37.5 Å². The van der Waals surface area contributed by atoms with Gasteiger partial charge in [0.05, 0.1) is 24.1 Å². The summed E-state index contributed by atoms with van der Waals surface area (Å²) in [5.41, 5.74) is 1.06. The van der Waals surface area contributed by atoms with Gasteiger partial charge in [-0.25, -0.2) is 4.39 Å². The van der Waals surface area contributed by atoms with Crippen molar-refractivity contribution in [3.63, 3.8) is 0 Å². The minimum Gasteiger partial charge on any atom is -0.490 e. The quantitative estimate of drug-likeness (QED) is 0.739. The van der Waals surface area contributed by atoms with E-state index in [-0.39, 0.29) is 43.1 Å². The minimum absolute atomic E-state index is 0.0878. The molecule has 0 bridgehead atoms. The fourth-order valence-electron chi connectivity index (χ4n) is 4.22. The van der Waals surface area contributed by atoms with Gasteiger partial charge in [0.1, 0.15) is 24.3 Å².